The molecule has 0 aliphatic carbocycles. The predicted octanol–water partition coefficient (Wildman–Crippen LogP) is 4.63. The van der Waals surface area contributed by atoms with Crippen LogP contribution in [0.3, 0.4) is 0 Å². The highest BCUT2D eigenvalue weighted by molar-refractivity contribution is 9.13. The standard InChI is InChI=1S/C17H19Br2N3O4S/c1-4-25-13(23)7-11-9-27-17(21-11)22-20-8-10-6-12(24-3)16(26-5-2)15(19)14(10)18/h6,8-9H,4-5,7H2,1-3H3,(H,21,22). The van der Waals surface area contributed by atoms with Crippen molar-refractivity contribution in [1.29, 1.82) is 0 Å². The third kappa shape index (κ3) is 5.91. The Balaban J connectivity index is 2.09. The number of carbonyl (C=O) groups is 1. The third-order valence-corrected chi connectivity index (χ3v) is 6.15. The summed E-state index contributed by atoms with van der Waals surface area (Å²) in [7, 11) is 1.58. The van der Waals surface area contributed by atoms with E-state index in [0.717, 1.165) is 14.5 Å². The topological polar surface area (TPSA) is 82.0 Å². The van der Waals surface area contributed by atoms with Gasteiger partial charge in [0.05, 0.1) is 43.1 Å². The summed E-state index contributed by atoms with van der Waals surface area (Å²) in [5.74, 6) is 0.924. The van der Waals surface area contributed by atoms with Gasteiger partial charge in [0.15, 0.2) is 11.5 Å². The number of halogens is 2. The number of rotatable bonds is 9. The lowest BCUT2D eigenvalue weighted by Crippen LogP contribution is -2.07. The second-order valence-corrected chi connectivity index (χ2v) is 7.50. The van der Waals surface area contributed by atoms with Crippen molar-refractivity contribution < 1.29 is 19.0 Å². The van der Waals surface area contributed by atoms with E-state index in [2.05, 4.69) is 47.4 Å². The van der Waals surface area contributed by atoms with Crippen LogP contribution in [0.1, 0.15) is 25.1 Å². The average Bonchev–Trinajstić information content (AvgIpc) is 3.08. The average molecular weight is 521 g/mol. The van der Waals surface area contributed by atoms with Gasteiger partial charge in [-0.1, -0.05) is 0 Å². The molecule has 0 saturated heterocycles. The summed E-state index contributed by atoms with van der Waals surface area (Å²) >= 11 is 8.40. The van der Waals surface area contributed by atoms with Crippen LogP contribution in [0.15, 0.2) is 25.5 Å². The number of esters is 1. The number of benzene rings is 1. The summed E-state index contributed by atoms with van der Waals surface area (Å²) < 4.78 is 17.4. The number of carbonyl (C=O) groups excluding carboxylic acids is 1. The minimum absolute atomic E-state index is 0.143. The van der Waals surface area contributed by atoms with Gasteiger partial charge in [0, 0.05) is 15.4 Å². The van der Waals surface area contributed by atoms with Crippen LogP contribution >= 0.6 is 43.2 Å². The number of thiazole rings is 1. The molecule has 27 heavy (non-hydrogen) atoms. The van der Waals surface area contributed by atoms with Crippen LogP contribution in [0.25, 0.3) is 0 Å². The zero-order valence-corrected chi connectivity index (χ0v) is 19.0. The van der Waals surface area contributed by atoms with Crippen LogP contribution in [0.5, 0.6) is 11.5 Å². The molecule has 1 heterocycles. The van der Waals surface area contributed by atoms with Gasteiger partial charge >= 0.3 is 5.97 Å². The van der Waals surface area contributed by atoms with E-state index in [1.54, 1.807) is 25.6 Å². The molecule has 0 radical (unpaired) electrons. The molecule has 1 aromatic carbocycles. The molecule has 0 bridgehead atoms. The van der Waals surface area contributed by atoms with E-state index in [1.165, 1.54) is 11.3 Å². The van der Waals surface area contributed by atoms with E-state index >= 15 is 0 Å². The number of hydrogen-bond acceptors (Lipinski definition) is 8. The fourth-order valence-electron chi connectivity index (χ4n) is 2.09. The number of hydrogen-bond donors (Lipinski definition) is 1. The molecule has 146 valence electrons. The predicted molar refractivity (Wildman–Crippen MR) is 113 cm³/mol. The molecule has 10 heteroatoms. The molecule has 1 aromatic heterocycles. The van der Waals surface area contributed by atoms with Crippen molar-refractivity contribution in [3.05, 3.63) is 31.6 Å². The Morgan fingerprint density at radius 3 is 2.78 bits per heavy atom. The molecule has 0 spiro atoms. The van der Waals surface area contributed by atoms with Gasteiger partial charge in [-0.2, -0.15) is 5.10 Å². The van der Waals surface area contributed by atoms with Gasteiger partial charge in [0.1, 0.15) is 0 Å². The summed E-state index contributed by atoms with van der Waals surface area (Å²) in [5.41, 5.74) is 4.29. The first-order chi connectivity index (χ1) is 13.0. The monoisotopic (exact) mass is 519 g/mol. The first-order valence-electron chi connectivity index (χ1n) is 8.07. The Bertz CT molecular complexity index is 827. The van der Waals surface area contributed by atoms with Crippen LogP contribution in [0.4, 0.5) is 5.13 Å². The van der Waals surface area contributed by atoms with Crippen LogP contribution in [-0.4, -0.2) is 37.5 Å². The molecule has 2 aromatic rings. The van der Waals surface area contributed by atoms with Crippen LogP contribution < -0.4 is 14.9 Å². The van der Waals surface area contributed by atoms with Crippen LogP contribution in [0, 0.1) is 0 Å². The van der Waals surface area contributed by atoms with Gasteiger partial charge in [0.2, 0.25) is 5.13 Å². The molecular formula is C17H19Br2N3O4S. The maximum atomic E-state index is 11.5. The Morgan fingerprint density at radius 2 is 2.11 bits per heavy atom. The molecular weight excluding hydrogens is 502 g/mol. The van der Waals surface area contributed by atoms with Crippen molar-refractivity contribution in [2.24, 2.45) is 5.10 Å². The first kappa shape index (κ1) is 21.6. The van der Waals surface area contributed by atoms with Crippen LogP contribution in [-0.2, 0) is 16.0 Å². The minimum atomic E-state index is -0.298. The molecule has 2 rings (SSSR count). The minimum Gasteiger partial charge on any atom is -0.493 e. The molecule has 0 unspecified atom stereocenters. The number of nitrogens with one attached hydrogen (secondary N) is 1. The molecule has 0 amide bonds. The van der Waals surface area contributed by atoms with Gasteiger partial charge in [-0.25, -0.2) is 4.98 Å². The van der Waals surface area contributed by atoms with Crippen molar-refractivity contribution in [3.63, 3.8) is 0 Å². The molecule has 0 aliphatic rings. The second-order valence-electron chi connectivity index (χ2n) is 5.05. The molecule has 7 nitrogen and oxygen atoms in total. The van der Waals surface area contributed by atoms with E-state index in [4.69, 9.17) is 14.2 Å². The largest absolute Gasteiger partial charge is 0.493 e. The summed E-state index contributed by atoms with van der Waals surface area (Å²) in [4.78, 5) is 15.8. The molecule has 0 aliphatic heterocycles. The van der Waals surface area contributed by atoms with E-state index in [9.17, 15) is 4.79 Å². The zero-order valence-electron chi connectivity index (χ0n) is 15.0. The van der Waals surface area contributed by atoms with Gasteiger partial charge in [0.25, 0.3) is 0 Å². The first-order valence-corrected chi connectivity index (χ1v) is 10.5. The summed E-state index contributed by atoms with van der Waals surface area (Å²) in [5, 5.41) is 6.58. The van der Waals surface area contributed by atoms with Crippen molar-refractivity contribution >= 4 is 60.5 Å². The quantitative estimate of drug-likeness (QED) is 0.295. The molecule has 0 saturated carbocycles. The summed E-state index contributed by atoms with van der Waals surface area (Å²) in [6, 6.07) is 1.82. The van der Waals surface area contributed by atoms with Gasteiger partial charge in [-0.15, -0.1) is 11.3 Å². The lowest BCUT2D eigenvalue weighted by molar-refractivity contribution is -0.142. The van der Waals surface area contributed by atoms with E-state index in [-0.39, 0.29) is 12.4 Å². The Labute approximate surface area is 178 Å². The second kappa shape index (κ2) is 10.6. The lowest BCUT2D eigenvalue weighted by atomic mass is 10.2. The van der Waals surface area contributed by atoms with Gasteiger partial charge in [-0.05, 0) is 51.8 Å². The van der Waals surface area contributed by atoms with Crippen molar-refractivity contribution in [2.75, 3.05) is 25.7 Å². The number of ether oxygens (including phenoxy) is 3. The molecule has 1 N–H and O–H groups in total. The smallest absolute Gasteiger partial charge is 0.311 e. The highest BCUT2D eigenvalue weighted by Gasteiger charge is 2.16. The maximum absolute atomic E-state index is 11.5. The van der Waals surface area contributed by atoms with Crippen LogP contribution in [0.2, 0.25) is 0 Å². The van der Waals surface area contributed by atoms with Gasteiger partial charge in [-0.3, -0.25) is 10.2 Å². The Hall–Kier alpha value is -1.65. The van der Waals surface area contributed by atoms with E-state index in [1.807, 2.05) is 13.0 Å². The summed E-state index contributed by atoms with van der Waals surface area (Å²) in [6.45, 7) is 4.55. The number of methoxy groups -OCH3 is 1. The SMILES string of the molecule is CCOC(=O)Cc1csc(NN=Cc2cc(OC)c(OCC)c(Br)c2Br)n1. The number of aromatic nitrogens is 1. The molecule has 0 fully saturated rings. The Morgan fingerprint density at radius 1 is 1.33 bits per heavy atom. The lowest BCUT2D eigenvalue weighted by Gasteiger charge is -2.14. The number of anilines is 1. The third-order valence-electron chi connectivity index (χ3n) is 3.21. The summed E-state index contributed by atoms with van der Waals surface area (Å²) in [6.07, 6.45) is 1.78. The van der Waals surface area contributed by atoms with E-state index < -0.39 is 0 Å². The van der Waals surface area contributed by atoms with Crippen molar-refractivity contribution in [2.45, 2.75) is 20.3 Å². The van der Waals surface area contributed by atoms with E-state index in [0.29, 0.717) is 35.5 Å². The number of hydrazone groups is 1. The maximum Gasteiger partial charge on any atom is 0.311 e. The normalized spacial score (nSPS) is 10.9. The van der Waals surface area contributed by atoms with Crippen molar-refractivity contribution in [1.82, 2.24) is 4.98 Å². The zero-order chi connectivity index (χ0) is 19.8. The highest BCUT2D eigenvalue weighted by Crippen LogP contribution is 2.42. The Kier molecular flexibility index (Phi) is 8.52. The number of nitrogens with zero attached hydrogens (tertiary/aromatic N) is 2. The van der Waals surface area contributed by atoms with Crippen molar-refractivity contribution in [3.8, 4) is 11.5 Å². The molecule has 0 atom stereocenters. The fourth-order valence-corrected chi connectivity index (χ4v) is 3.68. The fraction of sp³-hybridized carbons (Fsp3) is 0.353. The van der Waals surface area contributed by atoms with Gasteiger partial charge < -0.3 is 14.2 Å². The highest BCUT2D eigenvalue weighted by atomic mass is 79.9.